The molecular weight excluding hydrogens is 281 g/mol. The van der Waals surface area contributed by atoms with Crippen molar-refractivity contribution in [1.29, 1.82) is 0 Å². The number of alkyl halides is 1. The highest BCUT2D eigenvalue weighted by Gasteiger charge is 2.02. The van der Waals surface area contributed by atoms with Crippen molar-refractivity contribution in [1.82, 2.24) is 0 Å². The van der Waals surface area contributed by atoms with Crippen LogP contribution in [0.15, 0.2) is 18.2 Å². The SMILES string of the molecule is NCCc1ccc(OCI)c(O)c1. The molecule has 3 nitrogen and oxygen atoms in total. The van der Waals surface area contributed by atoms with E-state index in [4.69, 9.17) is 10.5 Å². The van der Waals surface area contributed by atoms with Crippen molar-refractivity contribution in [2.24, 2.45) is 5.73 Å². The van der Waals surface area contributed by atoms with E-state index in [2.05, 4.69) is 22.6 Å². The van der Waals surface area contributed by atoms with Gasteiger partial charge in [-0.3, -0.25) is 0 Å². The van der Waals surface area contributed by atoms with Gasteiger partial charge in [-0.05, 0) is 53.3 Å². The van der Waals surface area contributed by atoms with Crippen LogP contribution in [0.5, 0.6) is 11.5 Å². The highest BCUT2D eigenvalue weighted by atomic mass is 127. The first-order chi connectivity index (χ1) is 6.27. The second-order valence-corrected chi connectivity index (χ2v) is 3.22. The van der Waals surface area contributed by atoms with Crippen LogP contribution in [0, 0.1) is 0 Å². The van der Waals surface area contributed by atoms with E-state index in [0.717, 1.165) is 12.0 Å². The molecule has 0 saturated carbocycles. The van der Waals surface area contributed by atoms with Gasteiger partial charge in [0.1, 0.15) is 4.61 Å². The number of nitrogens with two attached hydrogens (primary N) is 1. The molecule has 4 heteroatoms. The Balaban J connectivity index is 2.79. The molecule has 0 bridgehead atoms. The van der Waals surface area contributed by atoms with Crippen LogP contribution in [0.25, 0.3) is 0 Å². The number of aromatic hydroxyl groups is 1. The maximum absolute atomic E-state index is 9.48. The van der Waals surface area contributed by atoms with Gasteiger partial charge in [0.15, 0.2) is 11.5 Å². The van der Waals surface area contributed by atoms with Crippen molar-refractivity contribution in [2.45, 2.75) is 6.42 Å². The first kappa shape index (κ1) is 10.6. The van der Waals surface area contributed by atoms with Crippen molar-refractivity contribution < 1.29 is 9.84 Å². The Labute approximate surface area is 91.0 Å². The van der Waals surface area contributed by atoms with Gasteiger partial charge in [0.05, 0.1) is 0 Å². The van der Waals surface area contributed by atoms with Crippen molar-refractivity contribution in [3.05, 3.63) is 23.8 Å². The summed E-state index contributed by atoms with van der Waals surface area (Å²) in [4.78, 5) is 0. The topological polar surface area (TPSA) is 55.5 Å². The van der Waals surface area contributed by atoms with Crippen LogP contribution in [0.1, 0.15) is 5.56 Å². The van der Waals surface area contributed by atoms with Crippen molar-refractivity contribution in [3.63, 3.8) is 0 Å². The lowest BCUT2D eigenvalue weighted by Gasteiger charge is -2.06. The molecule has 0 aliphatic carbocycles. The largest absolute Gasteiger partial charge is 0.504 e. The Hall–Kier alpha value is -0.490. The van der Waals surface area contributed by atoms with Gasteiger partial charge in [-0.1, -0.05) is 6.07 Å². The highest BCUT2D eigenvalue weighted by molar-refractivity contribution is 14.1. The summed E-state index contributed by atoms with van der Waals surface area (Å²) in [5, 5.41) is 9.48. The number of ether oxygens (including phenoxy) is 1. The summed E-state index contributed by atoms with van der Waals surface area (Å²) in [6, 6.07) is 5.36. The molecule has 1 aromatic carbocycles. The number of phenolic OH excluding ortho intramolecular Hbond substituents is 1. The Morgan fingerprint density at radius 1 is 1.46 bits per heavy atom. The van der Waals surface area contributed by atoms with Crippen LogP contribution in [0.4, 0.5) is 0 Å². The minimum absolute atomic E-state index is 0.183. The van der Waals surface area contributed by atoms with Crippen molar-refractivity contribution in [3.8, 4) is 11.5 Å². The summed E-state index contributed by atoms with van der Waals surface area (Å²) in [6.07, 6.45) is 0.776. The molecule has 0 unspecified atom stereocenters. The van der Waals surface area contributed by atoms with Gasteiger partial charge in [0.25, 0.3) is 0 Å². The lowest BCUT2D eigenvalue weighted by atomic mass is 10.1. The zero-order valence-electron chi connectivity index (χ0n) is 7.16. The van der Waals surface area contributed by atoms with Crippen LogP contribution < -0.4 is 10.5 Å². The van der Waals surface area contributed by atoms with Gasteiger partial charge in [0.2, 0.25) is 0 Å². The molecule has 0 atom stereocenters. The summed E-state index contributed by atoms with van der Waals surface area (Å²) in [7, 11) is 0. The van der Waals surface area contributed by atoms with E-state index >= 15 is 0 Å². The molecule has 0 spiro atoms. The molecule has 0 aliphatic rings. The van der Waals surface area contributed by atoms with Gasteiger partial charge in [-0.15, -0.1) is 0 Å². The minimum atomic E-state index is 0.183. The van der Waals surface area contributed by atoms with Gasteiger partial charge < -0.3 is 15.6 Å². The fourth-order valence-corrected chi connectivity index (χ4v) is 1.40. The molecule has 1 rings (SSSR count). The Morgan fingerprint density at radius 3 is 2.77 bits per heavy atom. The fourth-order valence-electron chi connectivity index (χ4n) is 1.07. The van der Waals surface area contributed by atoms with Gasteiger partial charge in [0, 0.05) is 0 Å². The van der Waals surface area contributed by atoms with E-state index in [1.165, 1.54) is 0 Å². The molecule has 0 aliphatic heterocycles. The number of benzene rings is 1. The van der Waals surface area contributed by atoms with Gasteiger partial charge >= 0.3 is 0 Å². The molecule has 0 aromatic heterocycles. The number of hydrogen-bond donors (Lipinski definition) is 2. The van der Waals surface area contributed by atoms with Crippen molar-refractivity contribution >= 4 is 22.6 Å². The smallest absolute Gasteiger partial charge is 0.162 e. The van der Waals surface area contributed by atoms with Gasteiger partial charge in [-0.25, -0.2) is 0 Å². The number of rotatable bonds is 4. The average molecular weight is 293 g/mol. The number of halogens is 1. The summed E-state index contributed by atoms with van der Waals surface area (Å²) in [6.45, 7) is 0.589. The van der Waals surface area contributed by atoms with Crippen LogP contribution >= 0.6 is 22.6 Å². The summed E-state index contributed by atoms with van der Waals surface area (Å²) < 4.78 is 5.70. The van der Waals surface area contributed by atoms with E-state index in [1.54, 1.807) is 12.1 Å². The monoisotopic (exact) mass is 293 g/mol. The Bertz CT molecular complexity index is 278. The molecule has 0 saturated heterocycles. The predicted molar refractivity (Wildman–Crippen MR) is 60.4 cm³/mol. The maximum Gasteiger partial charge on any atom is 0.162 e. The van der Waals surface area contributed by atoms with Gasteiger partial charge in [-0.2, -0.15) is 0 Å². The zero-order chi connectivity index (χ0) is 9.68. The molecule has 13 heavy (non-hydrogen) atoms. The lowest BCUT2D eigenvalue weighted by molar-refractivity contribution is 0.366. The third-order valence-corrected chi connectivity index (χ3v) is 1.98. The van der Waals surface area contributed by atoms with E-state index in [1.807, 2.05) is 6.07 Å². The highest BCUT2D eigenvalue weighted by Crippen LogP contribution is 2.27. The normalized spacial score (nSPS) is 10.0. The van der Waals surface area contributed by atoms with E-state index in [-0.39, 0.29) is 5.75 Å². The van der Waals surface area contributed by atoms with E-state index in [9.17, 15) is 5.11 Å². The lowest BCUT2D eigenvalue weighted by Crippen LogP contribution is -2.02. The first-order valence-corrected chi connectivity index (χ1v) is 5.51. The maximum atomic E-state index is 9.48. The number of phenols is 1. The molecule has 0 heterocycles. The third-order valence-electron chi connectivity index (χ3n) is 1.67. The average Bonchev–Trinajstić information content (AvgIpc) is 2.10. The second kappa shape index (κ2) is 5.29. The molecule has 1 aromatic rings. The first-order valence-electron chi connectivity index (χ1n) is 3.98. The van der Waals surface area contributed by atoms with Crippen LogP contribution in [-0.4, -0.2) is 16.3 Å². The van der Waals surface area contributed by atoms with Crippen LogP contribution in [0.3, 0.4) is 0 Å². The molecule has 3 N–H and O–H groups in total. The molecule has 0 amide bonds. The van der Waals surface area contributed by atoms with Crippen LogP contribution in [-0.2, 0) is 6.42 Å². The molecule has 0 radical (unpaired) electrons. The zero-order valence-corrected chi connectivity index (χ0v) is 9.32. The Kier molecular flexibility index (Phi) is 4.31. The summed E-state index contributed by atoms with van der Waals surface area (Å²) in [5.74, 6) is 0.706. The van der Waals surface area contributed by atoms with E-state index < -0.39 is 0 Å². The van der Waals surface area contributed by atoms with Crippen LogP contribution in [0.2, 0.25) is 0 Å². The predicted octanol–water partition coefficient (Wildman–Crippen LogP) is 1.66. The summed E-state index contributed by atoms with van der Waals surface area (Å²) in [5.41, 5.74) is 6.42. The Morgan fingerprint density at radius 2 is 2.23 bits per heavy atom. The second-order valence-electron chi connectivity index (χ2n) is 2.59. The molecule has 72 valence electrons. The summed E-state index contributed by atoms with van der Waals surface area (Å²) >= 11 is 2.08. The minimum Gasteiger partial charge on any atom is -0.504 e. The van der Waals surface area contributed by atoms with E-state index in [0.29, 0.717) is 16.9 Å². The fraction of sp³-hybridized carbons (Fsp3) is 0.333. The third kappa shape index (κ3) is 3.04. The quantitative estimate of drug-likeness (QED) is 0.656. The molecular formula is C9H12INO2. The standard InChI is InChI=1S/C9H12INO2/c10-6-13-9-2-1-7(3-4-11)5-8(9)12/h1-2,5,12H,3-4,6,11H2. The van der Waals surface area contributed by atoms with Crippen molar-refractivity contribution in [2.75, 3.05) is 11.2 Å². The molecule has 0 fully saturated rings. The number of hydrogen-bond acceptors (Lipinski definition) is 3.